The lowest BCUT2D eigenvalue weighted by Crippen LogP contribution is -2.18. The minimum atomic E-state index is -0.248. The number of rotatable bonds is 3. The first-order valence-electron chi connectivity index (χ1n) is 5.28. The van der Waals surface area contributed by atoms with E-state index in [4.69, 9.17) is 4.74 Å². The highest BCUT2D eigenvalue weighted by Crippen LogP contribution is 2.21. The number of nitrogens with zero attached hydrogens (tertiary/aromatic N) is 2. The minimum Gasteiger partial charge on any atom is -0.481 e. The molecule has 1 amide bonds. The maximum atomic E-state index is 11.5. The van der Waals surface area contributed by atoms with Gasteiger partial charge in [-0.25, -0.2) is 4.68 Å². The summed E-state index contributed by atoms with van der Waals surface area (Å²) in [5.74, 6) is 0.258. The third-order valence-electron chi connectivity index (χ3n) is 2.40. The van der Waals surface area contributed by atoms with Crippen LogP contribution in [0.5, 0.6) is 5.88 Å². The summed E-state index contributed by atoms with van der Waals surface area (Å²) < 4.78 is 7.73. The number of hydrogen-bond donors (Lipinski definition) is 1. The van der Waals surface area contributed by atoms with Crippen molar-refractivity contribution < 1.29 is 9.53 Å². The Morgan fingerprint density at radius 3 is 2.83 bits per heavy atom. The summed E-state index contributed by atoms with van der Waals surface area (Å²) in [4.78, 5) is 11.5. The predicted octanol–water partition coefficient (Wildman–Crippen LogP) is 2.00. The molecule has 2 aromatic rings. The molecule has 0 unspecified atom stereocenters. The van der Waals surface area contributed by atoms with Gasteiger partial charge in [0.05, 0.1) is 12.8 Å². The second kappa shape index (κ2) is 5.22. The Morgan fingerprint density at radius 2 is 2.22 bits per heavy atom. The van der Waals surface area contributed by atoms with Gasteiger partial charge in [0, 0.05) is 17.6 Å². The van der Waals surface area contributed by atoms with E-state index in [2.05, 4.69) is 26.3 Å². The van der Waals surface area contributed by atoms with Crippen molar-refractivity contribution in [3.63, 3.8) is 0 Å². The first-order chi connectivity index (χ1) is 8.65. The summed E-state index contributed by atoms with van der Waals surface area (Å²) in [6.07, 6.45) is 0. The average Bonchev–Trinajstić information content (AvgIpc) is 2.82. The molecule has 0 aliphatic rings. The number of halogens is 1. The van der Waals surface area contributed by atoms with Crippen LogP contribution in [0.15, 0.2) is 34.8 Å². The molecule has 5 nitrogen and oxygen atoms in total. The fourth-order valence-corrected chi connectivity index (χ4v) is 1.93. The van der Waals surface area contributed by atoms with E-state index in [1.54, 1.807) is 24.9 Å². The van der Waals surface area contributed by atoms with E-state index in [0.717, 1.165) is 10.2 Å². The zero-order chi connectivity index (χ0) is 13.1. The zero-order valence-corrected chi connectivity index (χ0v) is 11.6. The van der Waals surface area contributed by atoms with Gasteiger partial charge in [-0.15, -0.1) is 0 Å². The molecule has 18 heavy (non-hydrogen) atoms. The summed E-state index contributed by atoms with van der Waals surface area (Å²) in [6.45, 7) is 0. The molecule has 0 radical (unpaired) electrons. The number of carbonyl (C=O) groups excluding carboxylic acids is 1. The van der Waals surface area contributed by atoms with Gasteiger partial charge in [-0.1, -0.05) is 22.0 Å². The summed E-state index contributed by atoms with van der Waals surface area (Å²) >= 11 is 3.39. The Bertz CT molecular complexity index is 580. The largest absolute Gasteiger partial charge is 0.481 e. The van der Waals surface area contributed by atoms with Crippen molar-refractivity contribution in [2.24, 2.45) is 0 Å². The molecule has 1 aromatic heterocycles. The quantitative estimate of drug-likeness (QED) is 0.943. The predicted molar refractivity (Wildman–Crippen MR) is 71.2 cm³/mol. The Labute approximate surface area is 113 Å². The Kier molecular flexibility index (Phi) is 3.66. The van der Waals surface area contributed by atoms with Gasteiger partial charge in [-0.3, -0.25) is 4.79 Å². The number of carbonyl (C=O) groups is 1. The van der Waals surface area contributed by atoms with Crippen LogP contribution < -0.4 is 10.1 Å². The third kappa shape index (κ3) is 2.38. The lowest BCUT2D eigenvalue weighted by molar-refractivity contribution is 0.0957. The Balaban J connectivity index is 2.50. The van der Waals surface area contributed by atoms with Crippen LogP contribution >= 0.6 is 15.9 Å². The molecule has 1 N–H and O–H groups in total. The second-order valence-electron chi connectivity index (χ2n) is 3.54. The molecular formula is C12H12BrN3O2. The minimum absolute atomic E-state index is 0.248. The van der Waals surface area contributed by atoms with Crippen LogP contribution in [0, 0.1) is 0 Å². The number of nitrogens with one attached hydrogen (secondary N) is 1. The standard InChI is InChI=1S/C12H12BrN3O2/c1-14-12(17)10-7-11(18-2)16(15-10)9-5-3-4-8(13)6-9/h3-7H,1-2H3,(H,14,17). The number of hydrogen-bond acceptors (Lipinski definition) is 3. The van der Waals surface area contributed by atoms with Crippen molar-refractivity contribution in [3.8, 4) is 11.6 Å². The summed E-state index contributed by atoms with van der Waals surface area (Å²) in [6, 6.07) is 9.18. The van der Waals surface area contributed by atoms with Gasteiger partial charge in [0.2, 0.25) is 5.88 Å². The molecule has 6 heteroatoms. The van der Waals surface area contributed by atoms with Gasteiger partial charge in [-0.05, 0) is 18.2 Å². The van der Waals surface area contributed by atoms with Gasteiger partial charge < -0.3 is 10.1 Å². The highest BCUT2D eigenvalue weighted by atomic mass is 79.9. The topological polar surface area (TPSA) is 56.1 Å². The molecule has 0 spiro atoms. The maximum absolute atomic E-state index is 11.5. The van der Waals surface area contributed by atoms with Crippen molar-refractivity contribution in [1.29, 1.82) is 0 Å². The van der Waals surface area contributed by atoms with Crippen molar-refractivity contribution in [3.05, 3.63) is 40.5 Å². The number of aromatic nitrogens is 2. The molecule has 0 aliphatic carbocycles. The average molecular weight is 310 g/mol. The first-order valence-corrected chi connectivity index (χ1v) is 6.07. The SMILES string of the molecule is CNC(=O)c1cc(OC)n(-c2cccc(Br)c2)n1. The Hall–Kier alpha value is -1.82. The zero-order valence-electron chi connectivity index (χ0n) is 9.98. The van der Waals surface area contributed by atoms with Crippen LogP contribution in [-0.4, -0.2) is 29.8 Å². The first kappa shape index (κ1) is 12.6. The normalized spacial score (nSPS) is 10.2. The Morgan fingerprint density at radius 1 is 1.44 bits per heavy atom. The number of amides is 1. The maximum Gasteiger partial charge on any atom is 0.271 e. The van der Waals surface area contributed by atoms with Gasteiger partial charge >= 0.3 is 0 Å². The summed E-state index contributed by atoms with van der Waals surface area (Å²) in [7, 11) is 3.10. The molecule has 2 rings (SSSR count). The van der Waals surface area contributed by atoms with Crippen LogP contribution in [0.25, 0.3) is 5.69 Å². The van der Waals surface area contributed by atoms with Crippen LogP contribution in [0.3, 0.4) is 0 Å². The van der Waals surface area contributed by atoms with E-state index >= 15 is 0 Å². The van der Waals surface area contributed by atoms with Crippen molar-refractivity contribution >= 4 is 21.8 Å². The molecule has 0 aliphatic heterocycles. The molecule has 0 bridgehead atoms. The molecule has 1 heterocycles. The van der Waals surface area contributed by atoms with Crippen LogP contribution in [0.1, 0.15) is 10.5 Å². The van der Waals surface area contributed by atoms with Crippen molar-refractivity contribution in [2.75, 3.05) is 14.2 Å². The summed E-state index contributed by atoms with van der Waals surface area (Å²) in [5.41, 5.74) is 1.13. The second-order valence-corrected chi connectivity index (χ2v) is 4.46. The highest BCUT2D eigenvalue weighted by Gasteiger charge is 2.14. The molecule has 94 valence electrons. The van der Waals surface area contributed by atoms with E-state index in [9.17, 15) is 4.79 Å². The molecule has 0 atom stereocenters. The van der Waals surface area contributed by atoms with Crippen LogP contribution in [0.4, 0.5) is 0 Å². The van der Waals surface area contributed by atoms with Gasteiger partial charge in [0.25, 0.3) is 5.91 Å². The van der Waals surface area contributed by atoms with Gasteiger partial charge in [0.15, 0.2) is 5.69 Å². The molecule has 1 aromatic carbocycles. The van der Waals surface area contributed by atoms with Gasteiger partial charge in [0.1, 0.15) is 0 Å². The van der Waals surface area contributed by atoms with Crippen molar-refractivity contribution in [2.45, 2.75) is 0 Å². The number of methoxy groups -OCH3 is 1. The highest BCUT2D eigenvalue weighted by molar-refractivity contribution is 9.10. The smallest absolute Gasteiger partial charge is 0.271 e. The molecular weight excluding hydrogens is 298 g/mol. The van der Waals surface area contributed by atoms with Crippen LogP contribution in [-0.2, 0) is 0 Å². The number of benzene rings is 1. The van der Waals surface area contributed by atoms with E-state index < -0.39 is 0 Å². The summed E-state index contributed by atoms with van der Waals surface area (Å²) in [5, 5.41) is 6.75. The molecule has 0 saturated carbocycles. The lowest BCUT2D eigenvalue weighted by atomic mass is 10.3. The monoisotopic (exact) mass is 309 g/mol. The fourth-order valence-electron chi connectivity index (χ4n) is 1.54. The third-order valence-corrected chi connectivity index (χ3v) is 2.89. The van der Waals surface area contributed by atoms with Crippen LogP contribution in [0.2, 0.25) is 0 Å². The molecule has 0 saturated heterocycles. The van der Waals surface area contributed by atoms with E-state index in [1.807, 2.05) is 24.3 Å². The fraction of sp³-hybridized carbons (Fsp3) is 0.167. The van der Waals surface area contributed by atoms with Gasteiger partial charge in [-0.2, -0.15) is 5.10 Å². The van der Waals surface area contributed by atoms with E-state index in [0.29, 0.717) is 11.6 Å². The molecule has 0 fully saturated rings. The number of ether oxygens (including phenoxy) is 1. The van der Waals surface area contributed by atoms with Crippen molar-refractivity contribution in [1.82, 2.24) is 15.1 Å². The van der Waals surface area contributed by atoms with E-state index in [-0.39, 0.29) is 5.91 Å². The lowest BCUT2D eigenvalue weighted by Gasteiger charge is -2.05. The van der Waals surface area contributed by atoms with E-state index in [1.165, 1.54) is 0 Å².